The van der Waals surface area contributed by atoms with E-state index in [4.69, 9.17) is 4.74 Å². The molecule has 4 heterocycles. The Balaban J connectivity index is 1.77. The van der Waals surface area contributed by atoms with Crippen LogP contribution >= 0.6 is 0 Å². The number of carbonyl (C=O) groups is 1. The highest BCUT2D eigenvalue weighted by Crippen LogP contribution is 2.40. The highest BCUT2D eigenvalue weighted by atomic mass is 16.5. The maximum Gasteiger partial charge on any atom is 0.303 e. The molecule has 4 heteroatoms. The third-order valence-electron chi connectivity index (χ3n) is 5.32. The third kappa shape index (κ3) is 2.72. The van der Waals surface area contributed by atoms with Gasteiger partial charge in [0.05, 0.1) is 11.6 Å². The smallest absolute Gasteiger partial charge is 0.303 e. The van der Waals surface area contributed by atoms with Gasteiger partial charge in [0, 0.05) is 24.1 Å². The Morgan fingerprint density at radius 1 is 1.26 bits per heavy atom. The molecule has 0 radical (unpaired) electrons. The highest BCUT2D eigenvalue weighted by Gasteiger charge is 2.40. The Morgan fingerprint density at radius 2 is 2.04 bits per heavy atom. The number of esters is 1. The van der Waals surface area contributed by atoms with Gasteiger partial charge in [-0.2, -0.15) is 0 Å². The molecular formula is C19H22N2O2. The summed E-state index contributed by atoms with van der Waals surface area (Å²) in [6.07, 6.45) is 5.29. The van der Waals surface area contributed by atoms with Gasteiger partial charge in [0.15, 0.2) is 0 Å². The molecule has 2 atom stereocenters. The molecular weight excluding hydrogens is 288 g/mol. The molecule has 0 aliphatic carbocycles. The van der Waals surface area contributed by atoms with E-state index in [0.717, 1.165) is 41.9 Å². The first-order chi connectivity index (χ1) is 11.2. The topological polar surface area (TPSA) is 42.4 Å². The van der Waals surface area contributed by atoms with Crippen molar-refractivity contribution in [3.8, 4) is 0 Å². The van der Waals surface area contributed by atoms with Gasteiger partial charge >= 0.3 is 5.97 Å². The molecule has 120 valence electrons. The minimum Gasteiger partial charge on any atom is -0.456 e. The summed E-state index contributed by atoms with van der Waals surface area (Å²) >= 11 is 0. The molecule has 5 rings (SSSR count). The fraction of sp³-hybridized carbons (Fsp3) is 0.474. The Bertz CT molecular complexity index is 717. The second-order valence-electron chi connectivity index (χ2n) is 6.73. The first kappa shape index (κ1) is 14.6. The van der Waals surface area contributed by atoms with E-state index in [0.29, 0.717) is 0 Å². The van der Waals surface area contributed by atoms with Gasteiger partial charge < -0.3 is 4.74 Å². The van der Waals surface area contributed by atoms with Crippen molar-refractivity contribution in [2.45, 2.75) is 38.3 Å². The van der Waals surface area contributed by atoms with Crippen LogP contribution in [0.1, 0.15) is 37.9 Å². The van der Waals surface area contributed by atoms with E-state index in [1.54, 1.807) is 0 Å². The van der Waals surface area contributed by atoms with Crippen molar-refractivity contribution in [2.24, 2.45) is 5.92 Å². The zero-order valence-electron chi connectivity index (χ0n) is 13.4. The van der Waals surface area contributed by atoms with Gasteiger partial charge in [-0.3, -0.25) is 14.7 Å². The lowest BCUT2D eigenvalue weighted by Crippen LogP contribution is -2.51. The first-order valence-electron chi connectivity index (χ1n) is 8.47. The van der Waals surface area contributed by atoms with E-state index in [1.165, 1.54) is 19.8 Å². The summed E-state index contributed by atoms with van der Waals surface area (Å²) in [6.45, 7) is 3.75. The van der Waals surface area contributed by atoms with Crippen LogP contribution in [-0.4, -0.2) is 35.0 Å². The molecule has 1 aromatic heterocycles. The standard InChI is InChI=1S/C19H22N2O2/c1-13(22)23-19(18-12-14-7-10-21(18)11-8-14)16-6-9-20-17-5-3-2-4-15(16)17/h2-6,9,14,18-19H,7-8,10-12H2,1H3/t18-,19+/m1/s1. The lowest BCUT2D eigenvalue weighted by Gasteiger charge is -2.48. The number of aromatic nitrogens is 1. The van der Waals surface area contributed by atoms with Crippen LogP contribution in [-0.2, 0) is 9.53 Å². The number of ether oxygens (including phenoxy) is 1. The molecule has 0 N–H and O–H groups in total. The van der Waals surface area contributed by atoms with E-state index in [2.05, 4.69) is 16.0 Å². The summed E-state index contributed by atoms with van der Waals surface area (Å²) < 4.78 is 5.83. The Hall–Kier alpha value is -1.94. The van der Waals surface area contributed by atoms with Crippen LogP contribution in [0.4, 0.5) is 0 Å². The number of hydrogen-bond donors (Lipinski definition) is 0. The quantitative estimate of drug-likeness (QED) is 0.816. The molecule has 2 aromatic rings. The van der Waals surface area contributed by atoms with Gasteiger partial charge in [0.2, 0.25) is 0 Å². The number of hydrogen-bond acceptors (Lipinski definition) is 4. The van der Waals surface area contributed by atoms with E-state index < -0.39 is 0 Å². The minimum absolute atomic E-state index is 0.205. The van der Waals surface area contributed by atoms with Crippen molar-refractivity contribution >= 4 is 16.9 Å². The van der Waals surface area contributed by atoms with Crippen LogP contribution in [0.15, 0.2) is 36.5 Å². The monoisotopic (exact) mass is 310 g/mol. The summed E-state index contributed by atoms with van der Waals surface area (Å²) in [5.41, 5.74) is 2.04. The molecule has 3 aliphatic rings. The van der Waals surface area contributed by atoms with Crippen LogP contribution in [0.5, 0.6) is 0 Å². The number of para-hydroxylation sites is 1. The van der Waals surface area contributed by atoms with Gasteiger partial charge in [0.1, 0.15) is 6.10 Å². The number of piperidine rings is 3. The van der Waals surface area contributed by atoms with E-state index in [1.807, 2.05) is 30.5 Å². The maximum atomic E-state index is 11.8. The number of benzene rings is 1. The molecule has 3 fully saturated rings. The lowest BCUT2D eigenvalue weighted by molar-refractivity contribution is -0.153. The summed E-state index contributed by atoms with van der Waals surface area (Å²) in [6, 6.07) is 10.4. The number of pyridine rings is 1. The Morgan fingerprint density at radius 3 is 2.74 bits per heavy atom. The van der Waals surface area contributed by atoms with Crippen molar-refractivity contribution in [2.75, 3.05) is 13.1 Å². The van der Waals surface area contributed by atoms with Gasteiger partial charge in [-0.25, -0.2) is 0 Å². The minimum atomic E-state index is -0.210. The molecule has 0 unspecified atom stereocenters. The van der Waals surface area contributed by atoms with Crippen molar-refractivity contribution in [3.05, 3.63) is 42.1 Å². The van der Waals surface area contributed by atoms with E-state index >= 15 is 0 Å². The molecule has 3 saturated heterocycles. The zero-order valence-corrected chi connectivity index (χ0v) is 13.4. The molecule has 23 heavy (non-hydrogen) atoms. The Kier molecular flexibility index (Phi) is 3.77. The van der Waals surface area contributed by atoms with Crippen molar-refractivity contribution in [3.63, 3.8) is 0 Å². The summed E-state index contributed by atoms with van der Waals surface area (Å²) in [7, 11) is 0. The van der Waals surface area contributed by atoms with Crippen LogP contribution in [0.2, 0.25) is 0 Å². The molecule has 4 nitrogen and oxygen atoms in total. The average molecular weight is 310 g/mol. The molecule has 0 saturated carbocycles. The maximum absolute atomic E-state index is 11.8. The summed E-state index contributed by atoms with van der Waals surface area (Å²) in [4.78, 5) is 18.7. The zero-order chi connectivity index (χ0) is 15.8. The first-order valence-corrected chi connectivity index (χ1v) is 8.47. The second-order valence-corrected chi connectivity index (χ2v) is 6.73. The van der Waals surface area contributed by atoms with Gasteiger partial charge in [-0.05, 0) is 50.4 Å². The predicted octanol–water partition coefficient (Wildman–Crippen LogP) is 3.32. The Labute approximate surface area is 136 Å². The predicted molar refractivity (Wildman–Crippen MR) is 89.0 cm³/mol. The molecule has 0 amide bonds. The highest BCUT2D eigenvalue weighted by molar-refractivity contribution is 5.82. The van der Waals surface area contributed by atoms with Crippen molar-refractivity contribution in [1.29, 1.82) is 0 Å². The summed E-state index contributed by atoms with van der Waals surface area (Å²) in [5.74, 6) is 0.565. The fourth-order valence-electron chi connectivity index (χ4n) is 4.22. The van der Waals surface area contributed by atoms with Crippen molar-refractivity contribution < 1.29 is 9.53 Å². The molecule has 1 aromatic carbocycles. The van der Waals surface area contributed by atoms with Crippen molar-refractivity contribution in [1.82, 2.24) is 9.88 Å². The van der Waals surface area contributed by atoms with Crippen LogP contribution < -0.4 is 0 Å². The molecule has 0 spiro atoms. The fourth-order valence-corrected chi connectivity index (χ4v) is 4.22. The summed E-state index contributed by atoms with van der Waals surface area (Å²) in [5, 5.41) is 1.09. The number of rotatable bonds is 3. The van der Waals surface area contributed by atoms with Crippen LogP contribution in [0.3, 0.4) is 0 Å². The third-order valence-corrected chi connectivity index (χ3v) is 5.32. The number of nitrogens with zero attached hydrogens (tertiary/aromatic N) is 2. The largest absolute Gasteiger partial charge is 0.456 e. The molecule has 2 bridgehead atoms. The van der Waals surface area contributed by atoms with Gasteiger partial charge in [-0.15, -0.1) is 0 Å². The number of carbonyl (C=O) groups excluding carboxylic acids is 1. The van der Waals surface area contributed by atoms with Crippen LogP contribution in [0, 0.1) is 5.92 Å². The lowest BCUT2D eigenvalue weighted by atomic mass is 9.79. The van der Waals surface area contributed by atoms with E-state index in [9.17, 15) is 4.79 Å². The molecule has 3 aliphatic heterocycles. The SMILES string of the molecule is CC(=O)O[C@@H](c1ccnc2ccccc12)[C@H]1CC2CCN1CC2. The number of fused-ring (bicyclic) bond motifs is 4. The van der Waals surface area contributed by atoms with E-state index in [-0.39, 0.29) is 18.1 Å². The average Bonchev–Trinajstić information content (AvgIpc) is 2.60. The van der Waals surface area contributed by atoms with Gasteiger partial charge in [-0.1, -0.05) is 18.2 Å². The normalized spacial score (nSPS) is 27.8. The van der Waals surface area contributed by atoms with Crippen LogP contribution in [0.25, 0.3) is 10.9 Å². The second kappa shape index (κ2) is 5.93. The van der Waals surface area contributed by atoms with Gasteiger partial charge in [0.25, 0.3) is 0 Å².